The zero-order valence-electron chi connectivity index (χ0n) is 17.0. The van der Waals surface area contributed by atoms with Crippen molar-refractivity contribution in [2.24, 2.45) is 5.92 Å². The maximum Gasteiger partial charge on any atom is 0.253 e. The fraction of sp³-hybridized carbons (Fsp3) is 0.636. The summed E-state index contributed by atoms with van der Waals surface area (Å²) in [6, 6.07) is 7.57. The Morgan fingerprint density at radius 3 is 2.45 bits per heavy atom. The Hall–Kier alpha value is -1.96. The van der Waals surface area contributed by atoms with Crippen molar-refractivity contribution in [1.29, 1.82) is 0 Å². The van der Waals surface area contributed by atoms with Crippen molar-refractivity contribution < 1.29 is 19.1 Å². The molecule has 3 saturated heterocycles. The van der Waals surface area contributed by atoms with Gasteiger partial charge in [-0.05, 0) is 49.9 Å². The Bertz CT molecular complexity index is 697. The molecule has 0 aliphatic carbocycles. The Balaban J connectivity index is 1.21. The van der Waals surface area contributed by atoms with Crippen LogP contribution in [0.15, 0.2) is 24.3 Å². The predicted octanol–water partition coefficient (Wildman–Crippen LogP) is 1.62. The number of carbonyl (C=O) groups is 2. The number of benzene rings is 1. The van der Waals surface area contributed by atoms with Crippen molar-refractivity contribution in [1.82, 2.24) is 15.1 Å². The summed E-state index contributed by atoms with van der Waals surface area (Å²) in [5, 5.41) is 3.00. The van der Waals surface area contributed by atoms with Gasteiger partial charge in [0.15, 0.2) is 6.29 Å². The molecule has 0 spiro atoms. The van der Waals surface area contributed by atoms with E-state index in [4.69, 9.17) is 9.47 Å². The predicted molar refractivity (Wildman–Crippen MR) is 108 cm³/mol. The molecular formula is C22H31N3O4. The molecule has 7 nitrogen and oxygen atoms in total. The third-order valence-corrected chi connectivity index (χ3v) is 6.03. The van der Waals surface area contributed by atoms with Crippen LogP contribution < -0.4 is 5.32 Å². The number of hydrogen-bond donors (Lipinski definition) is 1. The van der Waals surface area contributed by atoms with Crippen LogP contribution in [-0.2, 0) is 20.8 Å². The third kappa shape index (κ3) is 5.35. The summed E-state index contributed by atoms with van der Waals surface area (Å²) in [6.45, 7) is 5.70. The second-order valence-corrected chi connectivity index (χ2v) is 8.22. The summed E-state index contributed by atoms with van der Waals surface area (Å²) in [7, 11) is 0. The Morgan fingerprint density at radius 2 is 1.72 bits per heavy atom. The minimum atomic E-state index is -0.109. The summed E-state index contributed by atoms with van der Waals surface area (Å²) in [5.41, 5.74) is 1.72. The summed E-state index contributed by atoms with van der Waals surface area (Å²) < 4.78 is 11.3. The highest BCUT2D eigenvalue weighted by atomic mass is 16.7. The zero-order chi connectivity index (χ0) is 20.1. The number of hydrogen-bond acceptors (Lipinski definition) is 5. The molecule has 4 rings (SSSR count). The number of likely N-dealkylation sites (tertiary alicyclic amines) is 2. The first kappa shape index (κ1) is 20.3. The smallest absolute Gasteiger partial charge is 0.253 e. The SMILES string of the molecule is O=C(CN1CCCC(C2OCCO2)C1)NCc1ccc(C(=O)N2CCCC2)cc1. The van der Waals surface area contributed by atoms with Crippen molar-refractivity contribution in [3.8, 4) is 0 Å². The van der Waals surface area contributed by atoms with Gasteiger partial charge < -0.3 is 19.7 Å². The van der Waals surface area contributed by atoms with E-state index >= 15 is 0 Å². The van der Waals surface area contributed by atoms with E-state index in [1.54, 1.807) is 0 Å². The second-order valence-electron chi connectivity index (χ2n) is 8.22. The fourth-order valence-corrected chi connectivity index (χ4v) is 4.43. The molecule has 1 N–H and O–H groups in total. The average molecular weight is 402 g/mol. The Morgan fingerprint density at radius 1 is 1.00 bits per heavy atom. The van der Waals surface area contributed by atoms with Gasteiger partial charge in [0.25, 0.3) is 5.91 Å². The summed E-state index contributed by atoms with van der Waals surface area (Å²) in [6.07, 6.45) is 4.23. The van der Waals surface area contributed by atoms with Gasteiger partial charge in [-0.25, -0.2) is 0 Å². The summed E-state index contributed by atoms with van der Waals surface area (Å²) in [5.74, 6) is 0.476. The number of ether oxygens (including phenoxy) is 2. The first-order valence-electron chi connectivity index (χ1n) is 10.8. The molecule has 0 bridgehead atoms. The van der Waals surface area contributed by atoms with Crippen LogP contribution in [0.2, 0.25) is 0 Å². The molecule has 0 aromatic heterocycles. The van der Waals surface area contributed by atoms with Gasteiger partial charge in [0.1, 0.15) is 0 Å². The topological polar surface area (TPSA) is 71.1 Å². The maximum atomic E-state index is 12.4. The normalized spacial score (nSPS) is 23.4. The van der Waals surface area contributed by atoms with Crippen LogP contribution in [0.4, 0.5) is 0 Å². The molecule has 0 saturated carbocycles. The molecule has 158 valence electrons. The molecular weight excluding hydrogens is 370 g/mol. The minimum Gasteiger partial charge on any atom is -0.351 e. The molecule has 0 radical (unpaired) electrons. The van der Waals surface area contributed by atoms with Crippen LogP contribution in [-0.4, -0.2) is 73.8 Å². The lowest BCUT2D eigenvalue weighted by atomic mass is 9.97. The van der Waals surface area contributed by atoms with E-state index in [0.29, 0.717) is 32.2 Å². The van der Waals surface area contributed by atoms with Crippen molar-refractivity contribution in [2.45, 2.75) is 38.5 Å². The van der Waals surface area contributed by atoms with Crippen LogP contribution in [0.25, 0.3) is 0 Å². The lowest BCUT2D eigenvalue weighted by Crippen LogP contribution is -2.45. The zero-order valence-corrected chi connectivity index (χ0v) is 17.0. The van der Waals surface area contributed by atoms with E-state index in [1.807, 2.05) is 29.2 Å². The molecule has 7 heteroatoms. The van der Waals surface area contributed by atoms with Crippen molar-refractivity contribution >= 4 is 11.8 Å². The maximum absolute atomic E-state index is 12.4. The molecule has 1 aromatic carbocycles. The van der Waals surface area contributed by atoms with Gasteiger partial charge in [-0.15, -0.1) is 0 Å². The highest BCUT2D eigenvalue weighted by Crippen LogP contribution is 2.24. The number of amides is 2. The van der Waals surface area contributed by atoms with E-state index in [2.05, 4.69) is 10.2 Å². The molecule has 1 unspecified atom stereocenters. The lowest BCUT2D eigenvalue weighted by Gasteiger charge is -2.34. The van der Waals surface area contributed by atoms with Gasteiger partial charge in [0.05, 0.1) is 19.8 Å². The first-order valence-corrected chi connectivity index (χ1v) is 10.8. The number of nitrogens with one attached hydrogen (secondary N) is 1. The van der Waals surface area contributed by atoms with Crippen LogP contribution >= 0.6 is 0 Å². The Labute approximate surface area is 172 Å². The van der Waals surface area contributed by atoms with Gasteiger partial charge in [0, 0.05) is 37.7 Å². The molecule has 3 aliphatic heterocycles. The van der Waals surface area contributed by atoms with Crippen molar-refractivity contribution in [3.63, 3.8) is 0 Å². The molecule has 1 atom stereocenters. The van der Waals surface area contributed by atoms with Crippen LogP contribution in [0.5, 0.6) is 0 Å². The van der Waals surface area contributed by atoms with Crippen LogP contribution in [0.3, 0.4) is 0 Å². The largest absolute Gasteiger partial charge is 0.351 e. The quantitative estimate of drug-likeness (QED) is 0.785. The van der Waals surface area contributed by atoms with Gasteiger partial charge in [0.2, 0.25) is 5.91 Å². The van der Waals surface area contributed by atoms with E-state index in [9.17, 15) is 9.59 Å². The standard InChI is InChI=1S/C22H31N3O4/c26-20(16-24-9-3-4-19(15-24)22-28-12-13-29-22)23-14-17-5-7-18(8-6-17)21(27)25-10-1-2-11-25/h5-8,19,22H,1-4,9-16H2,(H,23,26). The summed E-state index contributed by atoms with van der Waals surface area (Å²) >= 11 is 0. The van der Waals surface area contributed by atoms with Crippen molar-refractivity contribution in [3.05, 3.63) is 35.4 Å². The first-order chi connectivity index (χ1) is 14.2. The molecule has 1 aromatic rings. The van der Waals surface area contributed by atoms with E-state index in [1.165, 1.54) is 0 Å². The number of rotatable bonds is 6. The second kappa shape index (κ2) is 9.69. The lowest BCUT2D eigenvalue weighted by molar-refractivity contribution is -0.125. The van der Waals surface area contributed by atoms with Gasteiger partial charge in [-0.1, -0.05) is 12.1 Å². The molecule has 3 heterocycles. The monoisotopic (exact) mass is 401 g/mol. The highest BCUT2D eigenvalue weighted by molar-refractivity contribution is 5.94. The number of nitrogens with zero attached hydrogens (tertiary/aromatic N) is 2. The minimum absolute atomic E-state index is 0.0242. The van der Waals surface area contributed by atoms with Gasteiger partial charge in [-0.2, -0.15) is 0 Å². The van der Waals surface area contributed by atoms with E-state index in [0.717, 1.165) is 63.0 Å². The van der Waals surface area contributed by atoms with Gasteiger partial charge in [-0.3, -0.25) is 14.5 Å². The summed E-state index contributed by atoms with van der Waals surface area (Å²) in [4.78, 5) is 28.9. The van der Waals surface area contributed by atoms with Crippen LogP contribution in [0.1, 0.15) is 41.6 Å². The number of carbonyl (C=O) groups excluding carboxylic acids is 2. The van der Waals surface area contributed by atoms with E-state index < -0.39 is 0 Å². The van der Waals surface area contributed by atoms with Gasteiger partial charge >= 0.3 is 0 Å². The number of piperidine rings is 1. The van der Waals surface area contributed by atoms with E-state index in [-0.39, 0.29) is 18.1 Å². The highest BCUT2D eigenvalue weighted by Gasteiger charge is 2.31. The average Bonchev–Trinajstić information content (AvgIpc) is 3.47. The molecule has 3 fully saturated rings. The fourth-order valence-electron chi connectivity index (χ4n) is 4.43. The molecule has 3 aliphatic rings. The Kier molecular flexibility index (Phi) is 6.79. The molecule has 2 amide bonds. The molecule has 29 heavy (non-hydrogen) atoms. The third-order valence-electron chi connectivity index (χ3n) is 6.03. The van der Waals surface area contributed by atoms with Crippen LogP contribution in [0, 0.1) is 5.92 Å². The van der Waals surface area contributed by atoms with Crippen molar-refractivity contribution in [2.75, 3.05) is 45.9 Å².